The van der Waals surface area contributed by atoms with Gasteiger partial charge in [-0.15, -0.1) is 11.3 Å². The average Bonchev–Trinajstić information content (AvgIpc) is 3.23. The van der Waals surface area contributed by atoms with Gasteiger partial charge >= 0.3 is 5.88 Å². The van der Waals surface area contributed by atoms with E-state index in [2.05, 4.69) is 22.2 Å². The molecule has 7 nitrogen and oxygen atoms in total. The molecular weight excluding hydrogens is 326 g/mol. The molecule has 3 heterocycles. The Morgan fingerprint density at radius 1 is 1.50 bits per heavy atom. The third kappa shape index (κ3) is 2.73. The quantitative estimate of drug-likeness (QED) is 0.433. The number of pyridine rings is 1. The Labute approximate surface area is 142 Å². The summed E-state index contributed by atoms with van der Waals surface area (Å²) in [6, 6.07) is 4.25. The molecule has 8 heteroatoms. The van der Waals surface area contributed by atoms with Crippen LogP contribution in [0.2, 0.25) is 0 Å². The molecule has 0 amide bonds. The number of fused-ring (bicyclic) bond motifs is 1. The van der Waals surface area contributed by atoms with Crippen LogP contribution in [-0.4, -0.2) is 16.2 Å². The summed E-state index contributed by atoms with van der Waals surface area (Å²) in [5, 5.41) is 17.1. The largest absolute Gasteiger partial charge is 0.857 e. The standard InChI is InChI=1S/C16H17N5O2S/c1-2-3-9-4-7-11-13(17)14(24-16(11)18-9)15(22)19-12-8-21(20-23-12)10-5-6-10/h4,7-8,10H,2-3,5-6H2,1H3,(H2-,17,19,20,22). The van der Waals surface area contributed by atoms with Crippen molar-refractivity contribution in [2.24, 2.45) is 4.99 Å². The van der Waals surface area contributed by atoms with Crippen LogP contribution in [0.5, 0.6) is 0 Å². The molecule has 1 saturated carbocycles. The summed E-state index contributed by atoms with van der Waals surface area (Å²) < 4.78 is 6.80. The second-order valence-electron chi connectivity index (χ2n) is 5.92. The van der Waals surface area contributed by atoms with Crippen LogP contribution in [0.25, 0.3) is 10.2 Å². The van der Waals surface area contributed by atoms with Gasteiger partial charge in [0.25, 0.3) is 6.20 Å². The molecule has 0 saturated heterocycles. The van der Waals surface area contributed by atoms with Gasteiger partial charge in [0, 0.05) is 29.8 Å². The molecule has 1 aliphatic carbocycles. The van der Waals surface area contributed by atoms with Crippen molar-refractivity contribution in [1.29, 1.82) is 0 Å². The van der Waals surface area contributed by atoms with Gasteiger partial charge < -0.3 is 10.8 Å². The number of nitrogens with zero attached hydrogens (tertiary/aromatic N) is 4. The van der Waals surface area contributed by atoms with Crippen molar-refractivity contribution in [3.8, 4) is 0 Å². The zero-order chi connectivity index (χ0) is 16.7. The normalized spacial score (nSPS) is 15.3. The number of nitrogen functional groups attached to an aromatic ring is 1. The minimum Gasteiger partial charge on any atom is -0.857 e. The summed E-state index contributed by atoms with van der Waals surface area (Å²) in [7, 11) is 0. The molecule has 0 atom stereocenters. The number of nitrogens with two attached hydrogens (primary N) is 1. The van der Waals surface area contributed by atoms with Crippen LogP contribution in [0.4, 0.5) is 11.6 Å². The topological polar surface area (TPSA) is 104 Å². The molecule has 3 aromatic heterocycles. The average molecular weight is 343 g/mol. The highest BCUT2D eigenvalue weighted by Crippen LogP contribution is 2.33. The van der Waals surface area contributed by atoms with Gasteiger partial charge in [-0.05, 0) is 23.2 Å². The number of aryl methyl sites for hydroxylation is 1. The van der Waals surface area contributed by atoms with Crippen molar-refractivity contribution < 1.29 is 14.3 Å². The molecule has 1 aliphatic rings. The Balaban J connectivity index is 1.68. The maximum absolute atomic E-state index is 12.4. The lowest BCUT2D eigenvalue weighted by Crippen LogP contribution is -2.32. The van der Waals surface area contributed by atoms with Gasteiger partial charge in [-0.2, -0.15) is 0 Å². The highest BCUT2D eigenvalue weighted by molar-refractivity contribution is 7.21. The highest BCUT2D eigenvalue weighted by Gasteiger charge is 2.35. The lowest BCUT2D eigenvalue weighted by molar-refractivity contribution is -0.765. The summed E-state index contributed by atoms with van der Waals surface area (Å²) in [6.07, 6.45) is 5.74. The third-order valence-corrected chi connectivity index (χ3v) is 5.06. The Kier molecular flexibility index (Phi) is 3.68. The monoisotopic (exact) mass is 343 g/mol. The minimum atomic E-state index is -0.424. The van der Waals surface area contributed by atoms with Gasteiger partial charge in [-0.1, -0.05) is 13.3 Å². The lowest BCUT2D eigenvalue weighted by atomic mass is 10.2. The van der Waals surface area contributed by atoms with Crippen molar-refractivity contribution in [3.05, 3.63) is 28.9 Å². The predicted octanol–water partition coefficient (Wildman–Crippen LogP) is 1.88. The molecule has 0 bridgehead atoms. The first kappa shape index (κ1) is 15.1. The molecule has 0 spiro atoms. The SMILES string of the molecule is CCCc1ccc2c(N)c(/C([O-])=N/c3c[n+](C4CC4)no3)sc2n1. The van der Waals surface area contributed by atoms with Crippen LogP contribution in [0.15, 0.2) is 27.8 Å². The van der Waals surface area contributed by atoms with Gasteiger partial charge in [0.1, 0.15) is 4.83 Å². The van der Waals surface area contributed by atoms with E-state index < -0.39 is 5.90 Å². The summed E-state index contributed by atoms with van der Waals surface area (Å²) in [4.78, 5) is 9.72. The fraction of sp³-hybridized carbons (Fsp3) is 0.375. The first-order chi connectivity index (χ1) is 11.7. The Morgan fingerprint density at radius 2 is 2.33 bits per heavy atom. The summed E-state index contributed by atoms with van der Waals surface area (Å²) >= 11 is 1.27. The second-order valence-corrected chi connectivity index (χ2v) is 6.92. The fourth-order valence-electron chi connectivity index (χ4n) is 2.55. The van der Waals surface area contributed by atoms with E-state index in [-0.39, 0.29) is 5.88 Å². The molecule has 2 N–H and O–H groups in total. The van der Waals surface area contributed by atoms with Crippen LogP contribution in [0.3, 0.4) is 0 Å². The molecule has 24 heavy (non-hydrogen) atoms. The van der Waals surface area contributed by atoms with Crippen molar-refractivity contribution in [3.63, 3.8) is 0 Å². The number of thiophene rings is 1. The maximum atomic E-state index is 12.4. The van der Waals surface area contributed by atoms with Crippen LogP contribution in [0, 0.1) is 0 Å². The zero-order valence-electron chi connectivity index (χ0n) is 13.2. The number of hydrogen-bond donors (Lipinski definition) is 1. The first-order valence-corrected chi connectivity index (χ1v) is 8.79. The van der Waals surface area contributed by atoms with E-state index in [4.69, 9.17) is 10.3 Å². The Morgan fingerprint density at radius 3 is 3.08 bits per heavy atom. The molecule has 4 rings (SSSR count). The minimum absolute atomic E-state index is 0.198. The smallest absolute Gasteiger partial charge is 0.320 e. The number of aliphatic imine (C=N–C) groups is 1. The van der Waals surface area contributed by atoms with Gasteiger partial charge in [-0.3, -0.25) is 4.52 Å². The lowest BCUT2D eigenvalue weighted by Gasteiger charge is -2.06. The molecule has 3 aromatic rings. The summed E-state index contributed by atoms with van der Waals surface area (Å²) in [6.45, 7) is 2.10. The number of rotatable bonds is 5. The molecule has 0 aliphatic heterocycles. The molecule has 0 aromatic carbocycles. The van der Waals surface area contributed by atoms with Gasteiger partial charge in [-0.25, -0.2) is 9.98 Å². The number of hydrogen-bond acceptors (Lipinski definition) is 7. The van der Waals surface area contributed by atoms with E-state index in [1.807, 2.05) is 12.1 Å². The van der Waals surface area contributed by atoms with Crippen LogP contribution in [-0.2, 0) is 6.42 Å². The number of anilines is 1. The Bertz CT molecular complexity index is 926. The van der Waals surface area contributed by atoms with Crippen molar-refractivity contribution in [2.45, 2.75) is 38.6 Å². The molecule has 124 valence electrons. The molecular formula is C16H17N5O2S. The Hall–Kier alpha value is -2.48. The molecule has 0 unspecified atom stereocenters. The molecule has 1 fully saturated rings. The van der Waals surface area contributed by atoms with Crippen molar-refractivity contribution >= 4 is 39.0 Å². The van der Waals surface area contributed by atoms with Crippen LogP contribution in [0.1, 0.15) is 42.8 Å². The van der Waals surface area contributed by atoms with Gasteiger partial charge in [0.05, 0.1) is 10.6 Å². The summed E-state index contributed by atoms with van der Waals surface area (Å²) in [5.74, 6) is -0.227. The zero-order valence-corrected chi connectivity index (χ0v) is 14.0. The van der Waals surface area contributed by atoms with Gasteiger partial charge in [0.2, 0.25) is 5.27 Å². The first-order valence-electron chi connectivity index (χ1n) is 7.98. The van der Waals surface area contributed by atoms with E-state index in [0.29, 0.717) is 16.6 Å². The summed E-state index contributed by atoms with van der Waals surface area (Å²) in [5.41, 5.74) is 7.55. The van der Waals surface area contributed by atoms with Gasteiger partial charge in [0.15, 0.2) is 6.04 Å². The maximum Gasteiger partial charge on any atom is 0.320 e. The van der Waals surface area contributed by atoms with E-state index in [1.54, 1.807) is 10.9 Å². The van der Waals surface area contributed by atoms with E-state index >= 15 is 0 Å². The number of aromatic nitrogens is 3. The molecule has 0 radical (unpaired) electrons. The van der Waals surface area contributed by atoms with E-state index in [9.17, 15) is 5.11 Å². The predicted molar refractivity (Wildman–Crippen MR) is 89.2 cm³/mol. The van der Waals surface area contributed by atoms with E-state index in [1.165, 1.54) is 11.3 Å². The van der Waals surface area contributed by atoms with E-state index in [0.717, 1.165) is 41.6 Å². The third-order valence-electron chi connectivity index (χ3n) is 3.96. The van der Waals surface area contributed by atoms with Crippen molar-refractivity contribution in [2.75, 3.05) is 5.73 Å². The highest BCUT2D eigenvalue weighted by atomic mass is 32.1. The fourth-order valence-corrected chi connectivity index (χ4v) is 3.55. The van der Waals surface area contributed by atoms with Crippen LogP contribution < -0.4 is 15.5 Å². The second kappa shape index (κ2) is 5.86. The van der Waals surface area contributed by atoms with Crippen molar-refractivity contribution in [1.82, 2.24) is 10.3 Å². The van der Waals surface area contributed by atoms with Crippen LogP contribution >= 0.6 is 11.3 Å².